The Kier molecular flexibility index (Phi) is 64.7. The monoisotopic (exact) mass is 1070 g/mol. The van der Waals surface area contributed by atoms with Gasteiger partial charge in [-0.1, -0.05) is 348 Å². The highest BCUT2D eigenvalue weighted by atomic mass is 16.3. The molecule has 77 heavy (non-hydrogen) atoms. The Morgan fingerprint density at radius 2 is 0.571 bits per heavy atom. The molecule has 0 saturated heterocycles. The molecule has 0 radical (unpaired) electrons. The van der Waals surface area contributed by atoms with Gasteiger partial charge in [0.15, 0.2) is 0 Å². The lowest BCUT2D eigenvalue weighted by Gasteiger charge is -2.22. The predicted octanol–water partition coefficient (Wildman–Crippen LogP) is 23.0. The number of nitrogens with one attached hydrogen (secondary N) is 1. The second-order valence-electron chi connectivity index (χ2n) is 22.5. The fourth-order valence-corrected chi connectivity index (χ4v) is 10.0. The van der Waals surface area contributed by atoms with Crippen molar-refractivity contribution in [1.82, 2.24) is 5.32 Å². The summed E-state index contributed by atoms with van der Waals surface area (Å²) in [4.78, 5) is 12.5. The zero-order chi connectivity index (χ0) is 55.5. The molecular formula is C73H129NO3. The molecule has 0 spiro atoms. The van der Waals surface area contributed by atoms with E-state index in [-0.39, 0.29) is 12.5 Å². The van der Waals surface area contributed by atoms with Gasteiger partial charge >= 0.3 is 0 Å². The maximum Gasteiger partial charge on any atom is 0.220 e. The fourth-order valence-electron chi connectivity index (χ4n) is 10.0. The lowest BCUT2D eigenvalue weighted by Crippen LogP contribution is -2.45. The maximum atomic E-state index is 12.5. The molecule has 0 aromatic carbocycles. The number of allylic oxidation sites excluding steroid dienone is 18. The van der Waals surface area contributed by atoms with Crippen LogP contribution in [0.25, 0.3) is 0 Å². The summed E-state index contributed by atoms with van der Waals surface area (Å²) in [5.41, 5.74) is 0. The first kappa shape index (κ1) is 74.0. The van der Waals surface area contributed by atoms with Crippen molar-refractivity contribution in [1.29, 1.82) is 0 Å². The number of hydrogen-bond acceptors (Lipinski definition) is 3. The van der Waals surface area contributed by atoms with E-state index in [1.54, 1.807) is 0 Å². The zero-order valence-corrected chi connectivity index (χ0v) is 51.2. The lowest BCUT2D eigenvalue weighted by atomic mass is 10.0. The molecule has 4 heteroatoms. The Bertz CT molecular complexity index is 1440. The molecule has 2 unspecified atom stereocenters. The topological polar surface area (TPSA) is 69.6 Å². The molecule has 0 aliphatic heterocycles. The molecule has 0 aromatic heterocycles. The van der Waals surface area contributed by atoms with E-state index in [1.807, 2.05) is 0 Å². The van der Waals surface area contributed by atoms with E-state index in [4.69, 9.17) is 0 Å². The van der Waals surface area contributed by atoms with Crippen molar-refractivity contribution in [2.75, 3.05) is 6.61 Å². The smallest absolute Gasteiger partial charge is 0.220 e. The van der Waals surface area contributed by atoms with Gasteiger partial charge in [0.1, 0.15) is 0 Å². The minimum absolute atomic E-state index is 0.0505. The van der Waals surface area contributed by atoms with Gasteiger partial charge in [-0.15, -0.1) is 0 Å². The van der Waals surface area contributed by atoms with Crippen molar-refractivity contribution in [3.05, 3.63) is 109 Å². The Labute approximate surface area is 480 Å². The number of carbonyl (C=O) groups is 1. The highest BCUT2D eigenvalue weighted by molar-refractivity contribution is 5.76. The quantitative estimate of drug-likeness (QED) is 0.0420. The van der Waals surface area contributed by atoms with Gasteiger partial charge in [-0.25, -0.2) is 0 Å². The fraction of sp³-hybridized carbons (Fsp3) is 0.740. The van der Waals surface area contributed by atoms with E-state index in [2.05, 4.69) is 129 Å². The largest absolute Gasteiger partial charge is 0.394 e. The number of aliphatic hydroxyl groups is 2. The van der Waals surface area contributed by atoms with E-state index >= 15 is 0 Å². The van der Waals surface area contributed by atoms with Gasteiger partial charge in [-0.2, -0.15) is 0 Å². The van der Waals surface area contributed by atoms with Gasteiger partial charge in [0.2, 0.25) is 5.91 Å². The second kappa shape index (κ2) is 67.3. The molecule has 0 aromatic rings. The van der Waals surface area contributed by atoms with Gasteiger partial charge < -0.3 is 15.5 Å². The van der Waals surface area contributed by atoms with Gasteiger partial charge in [0, 0.05) is 6.42 Å². The molecule has 2 atom stereocenters. The van der Waals surface area contributed by atoms with Crippen LogP contribution in [0.5, 0.6) is 0 Å². The lowest BCUT2D eigenvalue weighted by molar-refractivity contribution is -0.123. The molecule has 4 nitrogen and oxygen atoms in total. The highest BCUT2D eigenvalue weighted by Gasteiger charge is 2.20. The predicted molar refractivity (Wildman–Crippen MR) is 345 cm³/mol. The number of unbranched alkanes of at least 4 members (excludes halogenated alkanes) is 36. The summed E-state index contributed by atoms with van der Waals surface area (Å²) in [6.45, 7) is 4.26. The van der Waals surface area contributed by atoms with Crippen molar-refractivity contribution in [3.8, 4) is 0 Å². The molecule has 3 N–H and O–H groups in total. The Morgan fingerprint density at radius 1 is 0.325 bits per heavy atom. The van der Waals surface area contributed by atoms with Crippen molar-refractivity contribution < 1.29 is 15.0 Å². The van der Waals surface area contributed by atoms with Crippen LogP contribution < -0.4 is 5.32 Å². The van der Waals surface area contributed by atoms with Crippen LogP contribution in [-0.4, -0.2) is 34.9 Å². The zero-order valence-electron chi connectivity index (χ0n) is 51.2. The van der Waals surface area contributed by atoms with Crippen molar-refractivity contribution >= 4 is 5.91 Å². The van der Waals surface area contributed by atoms with E-state index in [0.29, 0.717) is 12.8 Å². The third kappa shape index (κ3) is 63.8. The third-order valence-corrected chi connectivity index (χ3v) is 15.0. The average Bonchev–Trinajstić information content (AvgIpc) is 3.43. The van der Waals surface area contributed by atoms with Crippen molar-refractivity contribution in [2.45, 2.75) is 341 Å². The molecule has 0 aliphatic carbocycles. The molecular weight excluding hydrogens is 939 g/mol. The first-order valence-electron chi connectivity index (χ1n) is 33.6. The summed E-state index contributed by atoms with van der Waals surface area (Å²) in [6.07, 6.45) is 101. The summed E-state index contributed by atoms with van der Waals surface area (Å²) < 4.78 is 0. The van der Waals surface area contributed by atoms with Gasteiger partial charge in [0.25, 0.3) is 0 Å². The summed E-state index contributed by atoms with van der Waals surface area (Å²) in [6, 6.07) is -0.557. The minimum atomic E-state index is -0.678. The number of carbonyl (C=O) groups excluding carboxylic acids is 1. The normalized spacial score (nSPS) is 13.5. The molecule has 1 amide bonds. The molecule has 0 aliphatic rings. The van der Waals surface area contributed by atoms with Crippen LogP contribution in [0, 0.1) is 0 Å². The maximum absolute atomic E-state index is 12.5. The van der Waals surface area contributed by atoms with E-state index in [9.17, 15) is 15.0 Å². The van der Waals surface area contributed by atoms with E-state index in [0.717, 1.165) is 96.3 Å². The van der Waals surface area contributed by atoms with Gasteiger partial charge in [0.05, 0.1) is 18.8 Å². The highest BCUT2D eigenvalue weighted by Crippen LogP contribution is 2.18. The molecule has 0 saturated carbocycles. The first-order chi connectivity index (χ1) is 38.2. The number of hydrogen-bond donors (Lipinski definition) is 3. The van der Waals surface area contributed by atoms with Crippen LogP contribution in [0.3, 0.4) is 0 Å². The van der Waals surface area contributed by atoms with Crippen LogP contribution in [0.15, 0.2) is 109 Å². The summed E-state index contributed by atoms with van der Waals surface area (Å²) in [7, 11) is 0. The number of amides is 1. The third-order valence-electron chi connectivity index (χ3n) is 15.0. The number of aliphatic hydroxyl groups excluding tert-OH is 2. The van der Waals surface area contributed by atoms with Crippen molar-refractivity contribution in [3.63, 3.8) is 0 Å². The van der Waals surface area contributed by atoms with E-state index in [1.165, 1.54) is 205 Å². The second-order valence-corrected chi connectivity index (χ2v) is 22.5. The van der Waals surface area contributed by atoms with Crippen LogP contribution >= 0.6 is 0 Å². The number of rotatable bonds is 61. The SMILES string of the molecule is CC/C=C\C/C=C\C/C=C\C/C=C\C/C=C\C/C=C\C/C=C\C/C=C\C/C=C\CCCCCCCC(=O)NC(CO)C(O)CCCCCCCCCCCCCCCCCCCCCCCCCCCCCCCCCC. The molecule has 0 fully saturated rings. The van der Waals surface area contributed by atoms with Gasteiger partial charge in [-0.3, -0.25) is 4.79 Å². The Morgan fingerprint density at radius 3 is 0.857 bits per heavy atom. The van der Waals surface area contributed by atoms with Crippen LogP contribution in [0.1, 0.15) is 328 Å². The molecule has 0 rings (SSSR count). The molecule has 0 heterocycles. The Hall–Kier alpha value is -2.95. The summed E-state index contributed by atoms with van der Waals surface area (Å²) in [5, 5.41) is 23.4. The van der Waals surface area contributed by atoms with Crippen LogP contribution in [-0.2, 0) is 4.79 Å². The van der Waals surface area contributed by atoms with Crippen molar-refractivity contribution in [2.24, 2.45) is 0 Å². The van der Waals surface area contributed by atoms with E-state index < -0.39 is 12.1 Å². The standard InChI is InChI=1S/C73H129NO3/c1-3-5-7-9-11-13-15-17-19-21-23-25-27-29-31-33-35-37-39-41-43-45-47-49-51-53-55-57-59-61-63-65-67-69-73(77)74-71(70-75)72(76)68-66-64-62-60-58-56-54-52-50-48-46-44-42-40-38-36-34-32-30-28-26-24-22-20-18-16-14-12-10-8-6-4-2/h5,7,11,13,17,19,23,25,29,31,35,37,41,43,47,49,53,55,71-72,75-76H,3-4,6,8-10,12,14-16,18,20-22,24,26-28,30,32-34,36,38-40,42,44-46,48,50-52,54,56-70H2,1-2H3,(H,74,77)/b7-5-,13-11-,19-17-,25-23-,31-29-,37-35-,43-41-,49-47-,55-53-. The molecule has 444 valence electrons. The summed E-state index contributed by atoms with van der Waals surface area (Å²) in [5.74, 6) is -0.0505. The average molecular weight is 1070 g/mol. The van der Waals surface area contributed by atoms with Crippen LogP contribution in [0.2, 0.25) is 0 Å². The van der Waals surface area contributed by atoms with Gasteiger partial charge in [-0.05, 0) is 83.5 Å². The minimum Gasteiger partial charge on any atom is -0.394 e. The summed E-state index contributed by atoms with van der Waals surface area (Å²) >= 11 is 0. The molecule has 0 bridgehead atoms. The van der Waals surface area contributed by atoms with Crippen LogP contribution in [0.4, 0.5) is 0 Å². The Balaban J connectivity index is 3.53. The first-order valence-corrected chi connectivity index (χ1v) is 33.6.